The predicted octanol–water partition coefficient (Wildman–Crippen LogP) is 3.12. The van der Waals surface area contributed by atoms with Gasteiger partial charge in [-0.05, 0) is 38.2 Å². The van der Waals surface area contributed by atoms with Crippen LogP contribution in [0, 0.1) is 11.3 Å². The summed E-state index contributed by atoms with van der Waals surface area (Å²) >= 11 is 2.91. The molecule has 23 heavy (non-hydrogen) atoms. The van der Waals surface area contributed by atoms with E-state index in [1.807, 2.05) is 0 Å². The Labute approximate surface area is 144 Å². The molecular formula is C16H20N2O3S2. The molecule has 0 bridgehead atoms. The van der Waals surface area contributed by atoms with Crippen molar-refractivity contribution in [1.29, 1.82) is 5.26 Å². The van der Waals surface area contributed by atoms with Crippen LogP contribution in [0.1, 0.15) is 42.2 Å². The van der Waals surface area contributed by atoms with Crippen molar-refractivity contribution >= 4 is 40.0 Å². The number of thiophene rings is 1. The van der Waals surface area contributed by atoms with Gasteiger partial charge in [0.2, 0.25) is 5.91 Å². The van der Waals surface area contributed by atoms with Crippen molar-refractivity contribution in [3.05, 3.63) is 16.0 Å². The monoisotopic (exact) mass is 352 g/mol. The second-order valence-corrected chi connectivity index (χ2v) is 7.39. The van der Waals surface area contributed by atoms with Crippen molar-refractivity contribution in [3.8, 4) is 6.07 Å². The molecule has 0 unspecified atom stereocenters. The van der Waals surface area contributed by atoms with Crippen LogP contribution < -0.4 is 5.32 Å². The molecule has 0 saturated heterocycles. The van der Waals surface area contributed by atoms with Gasteiger partial charge in [0.1, 0.15) is 11.1 Å². The highest BCUT2D eigenvalue weighted by atomic mass is 32.2. The lowest BCUT2D eigenvalue weighted by Gasteiger charge is -2.09. The van der Waals surface area contributed by atoms with Crippen LogP contribution in [-0.2, 0) is 27.2 Å². The smallest absolute Gasteiger partial charge is 0.315 e. The van der Waals surface area contributed by atoms with Gasteiger partial charge in [-0.3, -0.25) is 9.59 Å². The molecule has 1 aromatic rings. The Balaban J connectivity index is 1.83. The Bertz CT molecular complexity index is 620. The maximum Gasteiger partial charge on any atom is 0.315 e. The number of hydrogen-bond donors (Lipinski definition) is 1. The topological polar surface area (TPSA) is 79.2 Å². The third kappa shape index (κ3) is 4.98. The SMILES string of the molecule is CCOC(=O)CSCCC(=O)Nc1sc2c(c1C#N)CCCC2. The number of esters is 1. The summed E-state index contributed by atoms with van der Waals surface area (Å²) in [6.07, 6.45) is 4.50. The quantitative estimate of drug-likeness (QED) is 0.602. The first-order chi connectivity index (χ1) is 11.2. The van der Waals surface area contributed by atoms with Crippen molar-refractivity contribution in [2.75, 3.05) is 23.4 Å². The van der Waals surface area contributed by atoms with E-state index in [2.05, 4.69) is 11.4 Å². The number of nitriles is 1. The summed E-state index contributed by atoms with van der Waals surface area (Å²) in [6.45, 7) is 2.14. The summed E-state index contributed by atoms with van der Waals surface area (Å²) in [6, 6.07) is 2.23. The Morgan fingerprint density at radius 1 is 1.39 bits per heavy atom. The number of hydrogen-bond acceptors (Lipinski definition) is 6. The summed E-state index contributed by atoms with van der Waals surface area (Å²) in [7, 11) is 0. The van der Waals surface area contributed by atoms with Gasteiger partial charge in [-0.15, -0.1) is 23.1 Å². The van der Waals surface area contributed by atoms with E-state index >= 15 is 0 Å². The maximum absolute atomic E-state index is 12.0. The van der Waals surface area contributed by atoms with E-state index in [1.165, 1.54) is 28.0 Å². The van der Waals surface area contributed by atoms with Crippen LogP contribution in [0.4, 0.5) is 5.00 Å². The fourth-order valence-electron chi connectivity index (χ4n) is 2.48. The standard InChI is InChI=1S/C16H20N2O3S2/c1-2-21-15(20)10-22-8-7-14(19)18-16-12(9-17)11-5-3-4-6-13(11)23-16/h2-8,10H2,1H3,(H,18,19). The second kappa shape index (κ2) is 8.94. The molecule has 1 N–H and O–H groups in total. The van der Waals surface area contributed by atoms with Crippen molar-refractivity contribution < 1.29 is 14.3 Å². The van der Waals surface area contributed by atoms with E-state index in [-0.39, 0.29) is 17.6 Å². The third-order valence-electron chi connectivity index (χ3n) is 3.53. The molecule has 1 aliphatic carbocycles. The molecule has 0 aromatic carbocycles. The molecule has 0 saturated carbocycles. The number of carbonyl (C=O) groups is 2. The van der Waals surface area contributed by atoms with E-state index in [0.717, 1.165) is 31.2 Å². The van der Waals surface area contributed by atoms with Crippen LogP contribution in [0.5, 0.6) is 0 Å². The molecule has 2 rings (SSSR count). The highest BCUT2D eigenvalue weighted by molar-refractivity contribution is 7.99. The minimum atomic E-state index is -0.254. The first-order valence-corrected chi connectivity index (χ1v) is 9.70. The molecule has 1 aromatic heterocycles. The first-order valence-electron chi connectivity index (χ1n) is 7.73. The molecule has 1 amide bonds. The van der Waals surface area contributed by atoms with Crippen LogP contribution in [0.15, 0.2) is 0 Å². The number of ether oxygens (including phenoxy) is 1. The molecule has 124 valence electrons. The van der Waals surface area contributed by atoms with Gasteiger partial charge in [-0.1, -0.05) is 0 Å². The highest BCUT2D eigenvalue weighted by Crippen LogP contribution is 2.37. The average molecular weight is 352 g/mol. The van der Waals surface area contributed by atoms with Gasteiger partial charge in [0.05, 0.1) is 17.9 Å². The van der Waals surface area contributed by atoms with Gasteiger partial charge in [-0.2, -0.15) is 5.26 Å². The predicted molar refractivity (Wildman–Crippen MR) is 92.9 cm³/mol. The lowest BCUT2D eigenvalue weighted by atomic mass is 9.96. The fraction of sp³-hybridized carbons (Fsp3) is 0.562. The van der Waals surface area contributed by atoms with E-state index in [4.69, 9.17) is 4.74 Å². The molecule has 0 spiro atoms. The number of carbonyl (C=O) groups excluding carboxylic acids is 2. The number of rotatable bonds is 7. The van der Waals surface area contributed by atoms with Gasteiger partial charge in [0.15, 0.2) is 0 Å². The number of amides is 1. The molecule has 0 aliphatic heterocycles. The third-order valence-corrected chi connectivity index (χ3v) is 5.67. The summed E-state index contributed by atoms with van der Waals surface area (Å²) in [5.74, 6) is 0.447. The average Bonchev–Trinajstić information content (AvgIpc) is 2.88. The largest absolute Gasteiger partial charge is 0.465 e. The molecular weight excluding hydrogens is 332 g/mol. The lowest BCUT2D eigenvalue weighted by molar-refractivity contribution is -0.139. The van der Waals surface area contributed by atoms with Crippen LogP contribution in [-0.4, -0.2) is 30.0 Å². The summed E-state index contributed by atoms with van der Waals surface area (Å²) in [4.78, 5) is 24.5. The zero-order valence-corrected chi connectivity index (χ0v) is 14.8. The van der Waals surface area contributed by atoms with Crippen LogP contribution in [0.25, 0.3) is 0 Å². The first kappa shape index (κ1) is 17.8. The minimum absolute atomic E-state index is 0.114. The van der Waals surface area contributed by atoms with E-state index in [0.29, 0.717) is 29.3 Å². The lowest BCUT2D eigenvalue weighted by Crippen LogP contribution is -2.13. The number of nitrogens with zero attached hydrogens (tertiary/aromatic N) is 1. The normalized spacial score (nSPS) is 13.0. The molecule has 7 heteroatoms. The molecule has 0 fully saturated rings. The van der Waals surface area contributed by atoms with Gasteiger partial charge in [0, 0.05) is 17.1 Å². The van der Waals surface area contributed by atoms with Gasteiger partial charge in [0.25, 0.3) is 0 Å². The minimum Gasteiger partial charge on any atom is -0.465 e. The summed E-state index contributed by atoms with van der Waals surface area (Å²) < 4.78 is 4.83. The molecule has 0 radical (unpaired) electrons. The van der Waals surface area contributed by atoms with Crippen molar-refractivity contribution in [3.63, 3.8) is 0 Å². The number of fused-ring (bicyclic) bond motifs is 1. The maximum atomic E-state index is 12.0. The van der Waals surface area contributed by atoms with Crippen molar-refractivity contribution in [2.24, 2.45) is 0 Å². The molecule has 0 atom stereocenters. The van der Waals surface area contributed by atoms with Crippen LogP contribution in [0.3, 0.4) is 0 Å². The van der Waals surface area contributed by atoms with Gasteiger partial charge < -0.3 is 10.1 Å². The zero-order chi connectivity index (χ0) is 16.7. The number of thioether (sulfide) groups is 1. The number of aryl methyl sites for hydroxylation is 1. The van der Waals surface area contributed by atoms with Gasteiger partial charge in [-0.25, -0.2) is 0 Å². The molecule has 1 aliphatic rings. The van der Waals surface area contributed by atoms with Crippen LogP contribution >= 0.6 is 23.1 Å². The molecule has 5 nitrogen and oxygen atoms in total. The number of anilines is 1. The highest BCUT2D eigenvalue weighted by Gasteiger charge is 2.21. The molecule has 1 heterocycles. The second-order valence-electron chi connectivity index (χ2n) is 5.18. The van der Waals surface area contributed by atoms with E-state index < -0.39 is 0 Å². The number of nitrogens with one attached hydrogen (secondary N) is 1. The zero-order valence-electron chi connectivity index (χ0n) is 13.1. The van der Waals surface area contributed by atoms with E-state index in [1.54, 1.807) is 6.92 Å². The Kier molecular flexibility index (Phi) is 6.93. The van der Waals surface area contributed by atoms with Crippen molar-refractivity contribution in [2.45, 2.75) is 39.0 Å². The Hall–Kier alpha value is -1.52. The Morgan fingerprint density at radius 3 is 2.91 bits per heavy atom. The van der Waals surface area contributed by atoms with Crippen molar-refractivity contribution in [1.82, 2.24) is 0 Å². The summed E-state index contributed by atoms with van der Waals surface area (Å²) in [5.41, 5.74) is 1.76. The summed E-state index contributed by atoms with van der Waals surface area (Å²) in [5, 5.41) is 12.9. The van der Waals surface area contributed by atoms with Gasteiger partial charge >= 0.3 is 5.97 Å². The Morgan fingerprint density at radius 2 is 2.17 bits per heavy atom. The fourth-order valence-corrected chi connectivity index (χ4v) is 4.46. The van der Waals surface area contributed by atoms with E-state index in [9.17, 15) is 14.9 Å². The van der Waals surface area contributed by atoms with Crippen LogP contribution in [0.2, 0.25) is 0 Å².